The van der Waals surface area contributed by atoms with Crippen molar-refractivity contribution in [2.75, 3.05) is 18.8 Å². The second-order valence-corrected chi connectivity index (χ2v) is 10.1. The van der Waals surface area contributed by atoms with Gasteiger partial charge >= 0.3 is 0 Å². The van der Waals surface area contributed by atoms with Crippen molar-refractivity contribution >= 4 is 17.7 Å². The van der Waals surface area contributed by atoms with E-state index in [1.807, 2.05) is 17.9 Å². The molecular formula is C26H35N3O2S. The fourth-order valence-electron chi connectivity index (χ4n) is 5.55. The number of aromatic nitrogens is 2. The van der Waals surface area contributed by atoms with Crippen molar-refractivity contribution in [1.29, 1.82) is 0 Å². The first-order valence-corrected chi connectivity index (χ1v) is 13.2. The molecule has 6 heteroatoms. The van der Waals surface area contributed by atoms with Crippen LogP contribution in [0.4, 0.5) is 0 Å². The number of nitrogens with zero attached hydrogens (tertiary/aromatic N) is 3. The van der Waals surface area contributed by atoms with Crippen LogP contribution in [0.2, 0.25) is 0 Å². The molecule has 0 radical (unpaired) electrons. The molecule has 0 aliphatic heterocycles. The number of rotatable bonds is 8. The van der Waals surface area contributed by atoms with Gasteiger partial charge in [-0.05, 0) is 44.6 Å². The van der Waals surface area contributed by atoms with Gasteiger partial charge in [0.15, 0.2) is 5.16 Å². The van der Waals surface area contributed by atoms with Gasteiger partial charge < -0.3 is 4.90 Å². The highest BCUT2D eigenvalue weighted by Crippen LogP contribution is 2.49. The third-order valence-corrected chi connectivity index (χ3v) is 7.97. The number of carbonyl (C=O) groups excluding carboxylic acids is 1. The molecule has 0 atom stereocenters. The van der Waals surface area contributed by atoms with Crippen molar-refractivity contribution in [2.24, 2.45) is 0 Å². The monoisotopic (exact) mass is 453 g/mol. The van der Waals surface area contributed by atoms with Crippen LogP contribution in [0.5, 0.6) is 0 Å². The quantitative estimate of drug-likeness (QED) is 0.415. The van der Waals surface area contributed by atoms with E-state index in [-0.39, 0.29) is 16.9 Å². The first-order valence-electron chi connectivity index (χ1n) is 12.2. The molecule has 4 rings (SSSR count). The molecule has 1 fully saturated rings. The summed E-state index contributed by atoms with van der Waals surface area (Å²) in [6.07, 6.45) is 7.29. The molecule has 0 bridgehead atoms. The lowest BCUT2D eigenvalue weighted by molar-refractivity contribution is -0.128. The van der Waals surface area contributed by atoms with Gasteiger partial charge in [0.05, 0.1) is 17.0 Å². The average Bonchev–Trinajstić information content (AvgIpc) is 3.25. The Kier molecular flexibility index (Phi) is 7.08. The number of hydrogen-bond acceptors (Lipinski definition) is 4. The Morgan fingerprint density at radius 3 is 2.47 bits per heavy atom. The van der Waals surface area contributed by atoms with E-state index in [2.05, 4.69) is 32.0 Å². The number of thioether (sulfide) groups is 1. The predicted molar refractivity (Wildman–Crippen MR) is 131 cm³/mol. The maximum atomic E-state index is 13.8. The van der Waals surface area contributed by atoms with Crippen LogP contribution >= 0.6 is 11.8 Å². The summed E-state index contributed by atoms with van der Waals surface area (Å²) in [6, 6.07) is 8.41. The molecule has 1 aromatic heterocycles. The standard InChI is InChI=1S/C26H35N3O2S/c1-4-15-28(16-5-2)21(30)18-32-25-27-23-20-12-8-7-11-19(20)17-26(13-9-10-14-26)22(23)24(31)29(25)6-3/h7-8,11-12H,4-6,9-10,13-18H2,1-3H3. The fourth-order valence-corrected chi connectivity index (χ4v) is 6.51. The van der Waals surface area contributed by atoms with Crippen molar-refractivity contribution in [3.8, 4) is 11.3 Å². The highest BCUT2D eigenvalue weighted by Gasteiger charge is 2.44. The van der Waals surface area contributed by atoms with Crippen molar-refractivity contribution < 1.29 is 4.79 Å². The molecule has 0 unspecified atom stereocenters. The molecule has 1 amide bonds. The lowest BCUT2D eigenvalue weighted by Gasteiger charge is -2.36. The summed E-state index contributed by atoms with van der Waals surface area (Å²) in [4.78, 5) is 33.7. The van der Waals surface area contributed by atoms with Crippen molar-refractivity contribution in [2.45, 2.75) is 82.8 Å². The van der Waals surface area contributed by atoms with Crippen LogP contribution < -0.4 is 5.56 Å². The number of fused-ring (bicyclic) bond motifs is 4. The van der Waals surface area contributed by atoms with E-state index in [1.165, 1.54) is 30.2 Å². The summed E-state index contributed by atoms with van der Waals surface area (Å²) in [5.74, 6) is 0.443. The Bertz CT molecular complexity index is 1030. The molecular weight excluding hydrogens is 418 g/mol. The molecule has 1 aromatic carbocycles. The van der Waals surface area contributed by atoms with Crippen LogP contribution in [-0.4, -0.2) is 39.2 Å². The van der Waals surface area contributed by atoms with E-state index in [0.717, 1.165) is 62.0 Å². The topological polar surface area (TPSA) is 55.2 Å². The van der Waals surface area contributed by atoms with Crippen LogP contribution in [0.15, 0.2) is 34.2 Å². The predicted octanol–water partition coefficient (Wildman–Crippen LogP) is 5.04. The van der Waals surface area contributed by atoms with Crippen molar-refractivity contribution in [3.05, 3.63) is 45.7 Å². The molecule has 0 saturated heterocycles. The Hall–Kier alpha value is -2.08. The fraction of sp³-hybridized carbons (Fsp3) is 0.577. The highest BCUT2D eigenvalue weighted by molar-refractivity contribution is 7.99. The number of benzene rings is 1. The second kappa shape index (κ2) is 9.82. The average molecular weight is 454 g/mol. The first kappa shape index (κ1) is 23.1. The summed E-state index contributed by atoms with van der Waals surface area (Å²) in [7, 11) is 0. The first-order chi connectivity index (χ1) is 15.5. The molecule has 2 aliphatic carbocycles. The van der Waals surface area contributed by atoms with Gasteiger partial charge in [-0.3, -0.25) is 14.2 Å². The van der Waals surface area contributed by atoms with Crippen LogP contribution in [0.3, 0.4) is 0 Å². The Morgan fingerprint density at radius 1 is 1.12 bits per heavy atom. The smallest absolute Gasteiger partial charge is 0.258 e. The van der Waals surface area contributed by atoms with Gasteiger partial charge in [0.25, 0.3) is 5.56 Å². The molecule has 1 spiro atoms. The van der Waals surface area contributed by atoms with Crippen LogP contribution in [0, 0.1) is 0 Å². The van der Waals surface area contributed by atoms with Gasteiger partial charge in [-0.1, -0.05) is 62.7 Å². The number of hydrogen-bond donors (Lipinski definition) is 0. The van der Waals surface area contributed by atoms with E-state index in [4.69, 9.17) is 4.98 Å². The maximum Gasteiger partial charge on any atom is 0.258 e. The van der Waals surface area contributed by atoms with Gasteiger partial charge in [0, 0.05) is 30.6 Å². The summed E-state index contributed by atoms with van der Waals surface area (Å²) >= 11 is 1.41. The van der Waals surface area contributed by atoms with Crippen LogP contribution in [0.25, 0.3) is 11.3 Å². The minimum Gasteiger partial charge on any atom is -0.342 e. The van der Waals surface area contributed by atoms with Gasteiger partial charge in [0.2, 0.25) is 5.91 Å². The van der Waals surface area contributed by atoms with Gasteiger partial charge in [-0.2, -0.15) is 0 Å². The number of amides is 1. The third-order valence-electron chi connectivity index (χ3n) is 7.01. The molecule has 1 heterocycles. The van der Waals surface area contributed by atoms with Gasteiger partial charge in [0.1, 0.15) is 0 Å². The molecule has 32 heavy (non-hydrogen) atoms. The summed E-state index contributed by atoms with van der Waals surface area (Å²) in [5.41, 5.74) is 4.19. The maximum absolute atomic E-state index is 13.8. The van der Waals surface area contributed by atoms with Crippen molar-refractivity contribution in [1.82, 2.24) is 14.5 Å². The lowest BCUT2D eigenvalue weighted by atomic mass is 9.68. The second-order valence-electron chi connectivity index (χ2n) is 9.16. The largest absolute Gasteiger partial charge is 0.342 e. The lowest BCUT2D eigenvalue weighted by Crippen LogP contribution is -2.40. The minimum atomic E-state index is -0.0806. The van der Waals surface area contributed by atoms with E-state index >= 15 is 0 Å². The summed E-state index contributed by atoms with van der Waals surface area (Å²) in [5, 5.41) is 0.669. The van der Waals surface area contributed by atoms with Gasteiger partial charge in [-0.25, -0.2) is 4.98 Å². The summed E-state index contributed by atoms with van der Waals surface area (Å²) in [6.45, 7) is 8.32. The molecule has 1 saturated carbocycles. The van der Waals surface area contributed by atoms with E-state index in [9.17, 15) is 9.59 Å². The zero-order valence-electron chi connectivity index (χ0n) is 19.7. The molecule has 0 N–H and O–H groups in total. The Labute approximate surface area is 195 Å². The Balaban J connectivity index is 1.74. The molecule has 2 aromatic rings. The molecule has 172 valence electrons. The van der Waals surface area contributed by atoms with Crippen LogP contribution in [0.1, 0.15) is 70.4 Å². The number of carbonyl (C=O) groups is 1. The normalized spacial score (nSPS) is 16.1. The van der Waals surface area contributed by atoms with E-state index in [1.54, 1.807) is 4.57 Å². The minimum absolute atomic E-state index is 0.0806. The molecule has 2 aliphatic rings. The van der Waals surface area contributed by atoms with E-state index < -0.39 is 0 Å². The van der Waals surface area contributed by atoms with Crippen molar-refractivity contribution in [3.63, 3.8) is 0 Å². The van der Waals surface area contributed by atoms with Gasteiger partial charge in [-0.15, -0.1) is 0 Å². The zero-order chi connectivity index (χ0) is 22.7. The summed E-state index contributed by atoms with van der Waals surface area (Å²) < 4.78 is 1.80. The zero-order valence-corrected chi connectivity index (χ0v) is 20.5. The third kappa shape index (κ3) is 4.14. The SMILES string of the molecule is CCCN(CCC)C(=O)CSc1nc2c(c(=O)n1CC)C1(CCCC1)Cc1ccccc1-2. The molecule has 5 nitrogen and oxygen atoms in total. The van der Waals surface area contributed by atoms with E-state index in [0.29, 0.717) is 17.5 Å². The Morgan fingerprint density at radius 2 is 1.81 bits per heavy atom. The van der Waals surface area contributed by atoms with Crippen LogP contribution in [-0.2, 0) is 23.2 Å². The highest BCUT2D eigenvalue weighted by atomic mass is 32.2.